The Bertz CT molecular complexity index is 565. The SMILES string of the molecule is CCCCCCCCCCCCCCC(C(=O)OCC(C)C)C(CC1CCCCC1)C(=O)OCC(C)C. The maximum atomic E-state index is 13.3. The number of hydrogen-bond donors (Lipinski definition) is 0. The standard InChI is InChI=1S/C33H62O4/c1-6-7-8-9-10-11-12-13-14-15-16-20-23-30(32(34)36-25-27(2)3)31(33(35)37-26-28(4)5)24-29-21-18-17-19-22-29/h27-31H,6-26H2,1-5H3. The fourth-order valence-corrected chi connectivity index (χ4v) is 5.61. The first-order chi connectivity index (χ1) is 17.8. The summed E-state index contributed by atoms with van der Waals surface area (Å²) < 4.78 is 11.5. The molecule has 0 aromatic rings. The van der Waals surface area contributed by atoms with Crippen LogP contribution in [0.5, 0.6) is 0 Å². The van der Waals surface area contributed by atoms with Crippen LogP contribution in [0, 0.1) is 29.6 Å². The topological polar surface area (TPSA) is 52.6 Å². The maximum absolute atomic E-state index is 13.3. The van der Waals surface area contributed by atoms with Crippen molar-refractivity contribution >= 4 is 11.9 Å². The summed E-state index contributed by atoms with van der Waals surface area (Å²) in [5.74, 6) is 0.0112. The van der Waals surface area contributed by atoms with Gasteiger partial charge < -0.3 is 9.47 Å². The Labute approximate surface area is 230 Å². The third-order valence-corrected chi connectivity index (χ3v) is 7.89. The number of ether oxygens (including phenoxy) is 2. The van der Waals surface area contributed by atoms with Gasteiger partial charge in [-0.1, -0.05) is 144 Å². The maximum Gasteiger partial charge on any atom is 0.309 e. The smallest absolute Gasteiger partial charge is 0.309 e. The average molecular weight is 523 g/mol. The summed E-state index contributed by atoms with van der Waals surface area (Å²) in [4.78, 5) is 26.6. The highest BCUT2D eigenvalue weighted by atomic mass is 16.5. The van der Waals surface area contributed by atoms with Gasteiger partial charge in [-0.15, -0.1) is 0 Å². The van der Waals surface area contributed by atoms with Crippen LogP contribution in [0.1, 0.15) is 157 Å². The van der Waals surface area contributed by atoms with Crippen LogP contribution in [0.25, 0.3) is 0 Å². The van der Waals surface area contributed by atoms with E-state index >= 15 is 0 Å². The summed E-state index contributed by atoms with van der Waals surface area (Å²) in [5.41, 5.74) is 0. The highest BCUT2D eigenvalue weighted by Gasteiger charge is 2.37. The van der Waals surface area contributed by atoms with Gasteiger partial charge in [0.1, 0.15) is 0 Å². The normalized spacial score (nSPS) is 16.2. The number of unbranched alkanes of at least 4 members (excludes halogenated alkanes) is 11. The van der Waals surface area contributed by atoms with E-state index in [1.165, 1.54) is 96.3 Å². The van der Waals surface area contributed by atoms with E-state index in [1.807, 2.05) is 0 Å². The summed E-state index contributed by atoms with van der Waals surface area (Å²) in [6, 6.07) is 0. The molecule has 0 aromatic heterocycles. The molecular formula is C33H62O4. The van der Waals surface area contributed by atoms with Crippen molar-refractivity contribution in [2.45, 2.75) is 157 Å². The molecule has 218 valence electrons. The van der Waals surface area contributed by atoms with Crippen LogP contribution in [0.3, 0.4) is 0 Å². The molecule has 1 aliphatic carbocycles. The molecule has 0 saturated heterocycles. The molecule has 0 amide bonds. The minimum Gasteiger partial charge on any atom is -0.465 e. The molecule has 0 aromatic carbocycles. The lowest BCUT2D eigenvalue weighted by Crippen LogP contribution is -2.35. The summed E-state index contributed by atoms with van der Waals surface area (Å²) in [6.45, 7) is 11.4. The van der Waals surface area contributed by atoms with Crippen molar-refractivity contribution in [3.05, 3.63) is 0 Å². The van der Waals surface area contributed by atoms with Crippen LogP contribution in [0.15, 0.2) is 0 Å². The zero-order valence-electron chi connectivity index (χ0n) is 25.4. The van der Waals surface area contributed by atoms with Gasteiger partial charge in [-0.05, 0) is 30.6 Å². The molecule has 0 spiro atoms. The lowest BCUT2D eigenvalue weighted by molar-refractivity contribution is -0.163. The minimum atomic E-state index is -0.372. The van der Waals surface area contributed by atoms with Crippen molar-refractivity contribution in [2.24, 2.45) is 29.6 Å². The van der Waals surface area contributed by atoms with Gasteiger partial charge in [-0.2, -0.15) is 0 Å². The Morgan fingerprint density at radius 1 is 0.622 bits per heavy atom. The lowest BCUT2D eigenvalue weighted by Gasteiger charge is -2.30. The molecule has 4 heteroatoms. The van der Waals surface area contributed by atoms with Crippen LogP contribution < -0.4 is 0 Å². The van der Waals surface area contributed by atoms with E-state index in [0.29, 0.717) is 31.0 Å². The van der Waals surface area contributed by atoms with Crippen molar-refractivity contribution in [3.63, 3.8) is 0 Å². The van der Waals surface area contributed by atoms with E-state index in [9.17, 15) is 9.59 Å². The fourth-order valence-electron chi connectivity index (χ4n) is 5.61. The van der Waals surface area contributed by atoms with Crippen molar-refractivity contribution < 1.29 is 19.1 Å². The van der Waals surface area contributed by atoms with E-state index in [1.54, 1.807) is 0 Å². The number of carbonyl (C=O) groups excluding carboxylic acids is 2. The van der Waals surface area contributed by atoms with Crippen LogP contribution in [-0.2, 0) is 19.1 Å². The molecule has 0 heterocycles. The minimum absolute atomic E-state index is 0.176. The molecule has 1 aliphatic rings. The van der Waals surface area contributed by atoms with Crippen LogP contribution in [0.4, 0.5) is 0 Å². The van der Waals surface area contributed by atoms with E-state index in [-0.39, 0.29) is 23.8 Å². The Kier molecular flexibility index (Phi) is 20.0. The molecule has 1 fully saturated rings. The average Bonchev–Trinajstić information content (AvgIpc) is 2.88. The van der Waals surface area contributed by atoms with Gasteiger partial charge in [0.2, 0.25) is 0 Å². The zero-order chi connectivity index (χ0) is 27.3. The molecule has 1 saturated carbocycles. The Balaban J connectivity index is 2.61. The predicted molar refractivity (Wildman–Crippen MR) is 155 cm³/mol. The van der Waals surface area contributed by atoms with Crippen molar-refractivity contribution in [1.29, 1.82) is 0 Å². The Morgan fingerprint density at radius 2 is 1.05 bits per heavy atom. The van der Waals surface area contributed by atoms with Crippen molar-refractivity contribution in [1.82, 2.24) is 0 Å². The number of rotatable bonds is 22. The summed E-state index contributed by atoms with van der Waals surface area (Å²) in [7, 11) is 0. The van der Waals surface area contributed by atoms with Gasteiger partial charge in [0, 0.05) is 0 Å². The molecule has 1 rings (SSSR count). The van der Waals surface area contributed by atoms with E-state index in [4.69, 9.17) is 9.47 Å². The van der Waals surface area contributed by atoms with Gasteiger partial charge in [0.15, 0.2) is 0 Å². The monoisotopic (exact) mass is 522 g/mol. The molecule has 0 aliphatic heterocycles. The Morgan fingerprint density at radius 3 is 1.51 bits per heavy atom. The van der Waals surface area contributed by atoms with Gasteiger partial charge in [0.25, 0.3) is 0 Å². The summed E-state index contributed by atoms with van der Waals surface area (Å²) in [6.07, 6.45) is 23.1. The largest absolute Gasteiger partial charge is 0.465 e. The molecule has 2 unspecified atom stereocenters. The first-order valence-electron chi connectivity index (χ1n) is 16.2. The second-order valence-electron chi connectivity index (χ2n) is 12.7. The second-order valence-corrected chi connectivity index (χ2v) is 12.7. The van der Waals surface area contributed by atoms with E-state index in [2.05, 4.69) is 34.6 Å². The molecule has 4 nitrogen and oxygen atoms in total. The van der Waals surface area contributed by atoms with E-state index < -0.39 is 0 Å². The van der Waals surface area contributed by atoms with Crippen LogP contribution in [0.2, 0.25) is 0 Å². The fraction of sp³-hybridized carbons (Fsp3) is 0.939. The number of carbonyl (C=O) groups is 2. The molecular weight excluding hydrogens is 460 g/mol. The van der Waals surface area contributed by atoms with Gasteiger partial charge in [-0.3, -0.25) is 9.59 Å². The summed E-state index contributed by atoms with van der Waals surface area (Å²) >= 11 is 0. The van der Waals surface area contributed by atoms with Gasteiger partial charge >= 0.3 is 11.9 Å². The van der Waals surface area contributed by atoms with Crippen molar-refractivity contribution in [3.8, 4) is 0 Å². The summed E-state index contributed by atoms with van der Waals surface area (Å²) in [5, 5.41) is 0. The third-order valence-electron chi connectivity index (χ3n) is 7.89. The van der Waals surface area contributed by atoms with Crippen LogP contribution >= 0.6 is 0 Å². The highest BCUT2D eigenvalue weighted by Crippen LogP contribution is 2.35. The highest BCUT2D eigenvalue weighted by molar-refractivity contribution is 5.82. The Hall–Kier alpha value is -1.06. The molecule has 37 heavy (non-hydrogen) atoms. The van der Waals surface area contributed by atoms with Gasteiger partial charge in [-0.25, -0.2) is 0 Å². The second kappa shape index (κ2) is 21.8. The first-order valence-corrected chi connectivity index (χ1v) is 16.2. The lowest BCUT2D eigenvalue weighted by atomic mass is 9.77. The zero-order valence-corrected chi connectivity index (χ0v) is 25.4. The van der Waals surface area contributed by atoms with E-state index in [0.717, 1.165) is 25.7 Å². The first kappa shape index (κ1) is 34.0. The van der Waals surface area contributed by atoms with Gasteiger partial charge in [0.05, 0.1) is 25.0 Å². The number of esters is 2. The number of hydrogen-bond acceptors (Lipinski definition) is 4. The molecule has 2 atom stereocenters. The molecule has 0 bridgehead atoms. The molecule has 0 N–H and O–H groups in total. The predicted octanol–water partition coefficient (Wildman–Crippen LogP) is 9.68. The van der Waals surface area contributed by atoms with Crippen LogP contribution in [-0.4, -0.2) is 25.2 Å². The third kappa shape index (κ3) is 17.2. The molecule has 0 radical (unpaired) electrons. The van der Waals surface area contributed by atoms with Crippen molar-refractivity contribution in [2.75, 3.05) is 13.2 Å². The quantitative estimate of drug-likeness (QED) is 0.105.